The molecule has 6 nitrogen and oxygen atoms in total. The minimum atomic E-state index is -0.403. The summed E-state index contributed by atoms with van der Waals surface area (Å²) in [6.45, 7) is 11.0. The lowest BCUT2D eigenvalue weighted by atomic mass is 9.96. The van der Waals surface area contributed by atoms with Crippen molar-refractivity contribution >= 4 is 23.2 Å². The number of rotatable bonds is 8. The SMILES string of the molecule is Cc1cc(C)cc(OCc2nc(C(=O)NCCCNC(=O)C(C)(C)C)cs2)c1. The van der Waals surface area contributed by atoms with Crippen LogP contribution in [0, 0.1) is 19.3 Å². The Morgan fingerprint density at radius 3 is 2.36 bits per heavy atom. The topological polar surface area (TPSA) is 80.3 Å². The zero-order valence-corrected chi connectivity index (χ0v) is 18.0. The fourth-order valence-electron chi connectivity index (χ4n) is 2.49. The molecule has 2 rings (SSSR count). The first-order valence-corrected chi connectivity index (χ1v) is 10.2. The van der Waals surface area contributed by atoms with Crippen LogP contribution in [0.25, 0.3) is 0 Å². The van der Waals surface area contributed by atoms with Gasteiger partial charge in [-0.15, -0.1) is 11.3 Å². The third-order valence-electron chi connectivity index (χ3n) is 3.95. The fourth-order valence-corrected chi connectivity index (χ4v) is 3.18. The Hall–Kier alpha value is -2.41. The predicted molar refractivity (Wildman–Crippen MR) is 112 cm³/mol. The smallest absolute Gasteiger partial charge is 0.270 e. The van der Waals surface area contributed by atoms with Crippen molar-refractivity contribution in [3.8, 4) is 5.75 Å². The second kappa shape index (κ2) is 9.68. The number of carbonyl (C=O) groups is 2. The van der Waals surface area contributed by atoms with Crippen molar-refractivity contribution in [1.29, 1.82) is 0 Å². The van der Waals surface area contributed by atoms with E-state index >= 15 is 0 Å². The van der Waals surface area contributed by atoms with Crippen molar-refractivity contribution in [2.24, 2.45) is 5.41 Å². The average Bonchev–Trinajstić information content (AvgIpc) is 3.07. The molecule has 7 heteroatoms. The van der Waals surface area contributed by atoms with Crippen LogP contribution in [-0.4, -0.2) is 29.9 Å². The Labute approximate surface area is 170 Å². The molecule has 1 heterocycles. The molecule has 28 heavy (non-hydrogen) atoms. The molecule has 0 aliphatic carbocycles. The normalized spacial score (nSPS) is 11.2. The Kier molecular flexibility index (Phi) is 7.57. The number of nitrogens with zero attached hydrogens (tertiary/aromatic N) is 1. The van der Waals surface area contributed by atoms with Gasteiger partial charge in [0, 0.05) is 23.9 Å². The maximum absolute atomic E-state index is 12.2. The molecular weight excluding hydrogens is 374 g/mol. The molecule has 0 radical (unpaired) electrons. The van der Waals surface area contributed by atoms with Crippen molar-refractivity contribution in [3.63, 3.8) is 0 Å². The number of benzene rings is 1. The van der Waals surface area contributed by atoms with Crippen LogP contribution >= 0.6 is 11.3 Å². The molecule has 0 spiro atoms. The molecule has 0 unspecified atom stereocenters. The molecule has 0 saturated carbocycles. The lowest BCUT2D eigenvalue weighted by Gasteiger charge is -2.17. The third-order valence-corrected chi connectivity index (χ3v) is 4.77. The van der Waals surface area contributed by atoms with Gasteiger partial charge in [0.15, 0.2) is 0 Å². The maximum atomic E-state index is 12.2. The van der Waals surface area contributed by atoms with Gasteiger partial charge in [-0.05, 0) is 43.5 Å². The van der Waals surface area contributed by atoms with E-state index in [-0.39, 0.29) is 11.8 Å². The van der Waals surface area contributed by atoms with Crippen LogP contribution in [0.2, 0.25) is 0 Å². The molecular formula is C21H29N3O3S. The van der Waals surface area contributed by atoms with E-state index < -0.39 is 5.41 Å². The molecule has 2 N–H and O–H groups in total. The van der Waals surface area contributed by atoms with Gasteiger partial charge in [0.1, 0.15) is 23.1 Å². The molecule has 0 bridgehead atoms. The van der Waals surface area contributed by atoms with Gasteiger partial charge >= 0.3 is 0 Å². The van der Waals surface area contributed by atoms with Crippen molar-refractivity contribution < 1.29 is 14.3 Å². The van der Waals surface area contributed by atoms with Gasteiger partial charge in [0.2, 0.25) is 5.91 Å². The van der Waals surface area contributed by atoms with E-state index in [0.717, 1.165) is 21.9 Å². The number of carbonyl (C=O) groups excluding carboxylic acids is 2. The van der Waals surface area contributed by atoms with Crippen LogP contribution in [-0.2, 0) is 11.4 Å². The van der Waals surface area contributed by atoms with Crippen molar-refractivity contribution in [3.05, 3.63) is 45.4 Å². The first kappa shape index (κ1) is 21.9. The van der Waals surface area contributed by atoms with Gasteiger partial charge in [-0.25, -0.2) is 4.98 Å². The Balaban J connectivity index is 1.73. The van der Waals surface area contributed by atoms with Gasteiger partial charge in [-0.2, -0.15) is 0 Å². The minimum Gasteiger partial charge on any atom is -0.486 e. The molecule has 0 atom stereocenters. The number of amides is 2. The van der Waals surface area contributed by atoms with Crippen molar-refractivity contribution in [2.45, 2.75) is 47.6 Å². The molecule has 1 aromatic carbocycles. The maximum Gasteiger partial charge on any atom is 0.270 e. The number of nitrogens with one attached hydrogen (secondary N) is 2. The highest BCUT2D eigenvalue weighted by Crippen LogP contribution is 2.19. The highest BCUT2D eigenvalue weighted by atomic mass is 32.1. The molecule has 0 aliphatic heterocycles. The van der Waals surface area contributed by atoms with E-state index in [1.54, 1.807) is 5.38 Å². The van der Waals surface area contributed by atoms with Crippen LogP contribution in [0.3, 0.4) is 0 Å². The second-order valence-corrected chi connectivity index (χ2v) is 8.80. The molecule has 2 aromatic rings. The summed E-state index contributed by atoms with van der Waals surface area (Å²) in [7, 11) is 0. The first-order chi connectivity index (χ1) is 13.1. The largest absolute Gasteiger partial charge is 0.486 e. The van der Waals surface area contributed by atoms with Crippen LogP contribution in [0.1, 0.15) is 53.8 Å². The van der Waals surface area contributed by atoms with Gasteiger partial charge in [-0.1, -0.05) is 26.8 Å². The fraction of sp³-hybridized carbons (Fsp3) is 0.476. The third kappa shape index (κ3) is 6.96. The second-order valence-electron chi connectivity index (χ2n) is 7.85. The zero-order chi connectivity index (χ0) is 20.7. The molecule has 0 fully saturated rings. The number of hydrogen-bond donors (Lipinski definition) is 2. The number of ether oxygens (including phenoxy) is 1. The molecule has 0 aliphatic rings. The van der Waals surface area contributed by atoms with Crippen LogP contribution < -0.4 is 15.4 Å². The zero-order valence-electron chi connectivity index (χ0n) is 17.2. The van der Waals surface area contributed by atoms with Crippen molar-refractivity contribution in [1.82, 2.24) is 15.6 Å². The average molecular weight is 404 g/mol. The minimum absolute atomic E-state index is 0.00627. The van der Waals surface area contributed by atoms with Crippen LogP contribution in [0.5, 0.6) is 5.75 Å². The van der Waals surface area contributed by atoms with E-state index in [9.17, 15) is 9.59 Å². The number of thiazole rings is 1. The summed E-state index contributed by atoms with van der Waals surface area (Å²) in [5, 5.41) is 8.17. The highest BCUT2D eigenvalue weighted by molar-refractivity contribution is 7.09. The summed E-state index contributed by atoms with van der Waals surface area (Å²) in [4.78, 5) is 28.3. The van der Waals surface area contributed by atoms with E-state index in [2.05, 4.69) is 21.7 Å². The molecule has 152 valence electrons. The molecule has 0 saturated heterocycles. The van der Waals surface area contributed by atoms with Gasteiger partial charge in [0.05, 0.1) is 0 Å². The summed E-state index contributed by atoms with van der Waals surface area (Å²) in [5.74, 6) is 0.596. The molecule has 2 amide bonds. The summed E-state index contributed by atoms with van der Waals surface area (Å²) in [6.07, 6.45) is 0.667. The van der Waals surface area contributed by atoms with E-state index in [0.29, 0.717) is 31.8 Å². The standard InChI is InChI=1S/C21H29N3O3S/c1-14-9-15(2)11-16(10-14)27-12-18-24-17(13-28-18)19(25)22-7-6-8-23-20(26)21(3,4)5/h9-11,13H,6-8,12H2,1-5H3,(H,22,25)(H,23,26). The molecule has 1 aromatic heterocycles. The van der Waals surface area contributed by atoms with E-state index in [1.165, 1.54) is 11.3 Å². The quantitative estimate of drug-likeness (QED) is 0.660. The summed E-state index contributed by atoms with van der Waals surface area (Å²) in [5.41, 5.74) is 2.28. The number of hydrogen-bond acceptors (Lipinski definition) is 5. The predicted octanol–water partition coefficient (Wildman–Crippen LogP) is 3.62. The monoisotopic (exact) mass is 403 g/mol. The Bertz CT molecular complexity index is 804. The van der Waals surface area contributed by atoms with Gasteiger partial charge in [-0.3, -0.25) is 9.59 Å². The number of aryl methyl sites for hydroxylation is 2. The van der Waals surface area contributed by atoms with E-state index in [4.69, 9.17) is 4.74 Å². The van der Waals surface area contributed by atoms with Gasteiger partial charge < -0.3 is 15.4 Å². The van der Waals surface area contributed by atoms with Gasteiger partial charge in [0.25, 0.3) is 5.91 Å². The summed E-state index contributed by atoms with van der Waals surface area (Å²) >= 11 is 1.40. The van der Waals surface area contributed by atoms with E-state index in [1.807, 2.05) is 46.8 Å². The lowest BCUT2D eigenvalue weighted by Crippen LogP contribution is -2.36. The Morgan fingerprint density at radius 2 is 1.71 bits per heavy atom. The van der Waals surface area contributed by atoms with Crippen molar-refractivity contribution in [2.75, 3.05) is 13.1 Å². The number of aromatic nitrogens is 1. The van der Waals surface area contributed by atoms with Crippen LogP contribution in [0.15, 0.2) is 23.6 Å². The summed E-state index contributed by atoms with van der Waals surface area (Å²) in [6, 6.07) is 6.05. The summed E-state index contributed by atoms with van der Waals surface area (Å²) < 4.78 is 5.79. The first-order valence-electron chi connectivity index (χ1n) is 9.37. The highest BCUT2D eigenvalue weighted by Gasteiger charge is 2.20. The Morgan fingerprint density at radius 1 is 1.07 bits per heavy atom. The van der Waals surface area contributed by atoms with Crippen LogP contribution in [0.4, 0.5) is 0 Å². The lowest BCUT2D eigenvalue weighted by molar-refractivity contribution is -0.128.